The molecule has 16 heavy (non-hydrogen) atoms. The molecule has 1 aliphatic carbocycles. The highest BCUT2D eigenvalue weighted by Gasteiger charge is 2.19. The lowest BCUT2D eigenvalue weighted by molar-refractivity contribution is 0.620. The molecule has 0 saturated heterocycles. The second-order valence-corrected chi connectivity index (χ2v) is 4.71. The molecule has 0 aromatic heterocycles. The van der Waals surface area contributed by atoms with Crippen LogP contribution in [-0.2, 0) is 13.0 Å². The summed E-state index contributed by atoms with van der Waals surface area (Å²) in [6.07, 6.45) is 6.54. The Morgan fingerprint density at radius 3 is 2.38 bits per heavy atom. The fourth-order valence-electron chi connectivity index (χ4n) is 1.89. The maximum Gasteiger partial charge on any atom is 0.0178 e. The molecule has 1 aromatic rings. The van der Waals surface area contributed by atoms with E-state index in [1.54, 1.807) is 0 Å². The lowest BCUT2D eigenvalue weighted by Crippen LogP contribution is -2.17. The van der Waals surface area contributed by atoms with E-state index >= 15 is 0 Å². The molecule has 1 aromatic carbocycles. The molecule has 3 N–H and O–H groups in total. The van der Waals surface area contributed by atoms with E-state index in [-0.39, 0.29) is 0 Å². The molecular formula is C14H22N2. The summed E-state index contributed by atoms with van der Waals surface area (Å²) in [5.41, 5.74) is 8.22. The first-order valence-electron chi connectivity index (χ1n) is 6.40. The van der Waals surface area contributed by atoms with Gasteiger partial charge in [-0.25, -0.2) is 0 Å². The van der Waals surface area contributed by atoms with Gasteiger partial charge in [-0.1, -0.05) is 24.3 Å². The lowest BCUT2D eigenvalue weighted by atomic mass is 10.1. The van der Waals surface area contributed by atoms with E-state index in [4.69, 9.17) is 5.73 Å². The summed E-state index contributed by atoms with van der Waals surface area (Å²) in [4.78, 5) is 0. The van der Waals surface area contributed by atoms with Gasteiger partial charge in [0.25, 0.3) is 0 Å². The highest BCUT2D eigenvalue weighted by atomic mass is 14.9. The standard InChI is InChI=1S/C14H22N2/c15-11-13-6-4-12(5-7-13)3-1-2-10-16-14-8-9-14/h4-7,14,16H,1-3,8-11,15H2. The summed E-state index contributed by atoms with van der Waals surface area (Å²) in [5.74, 6) is 0. The number of hydrogen-bond acceptors (Lipinski definition) is 2. The van der Waals surface area contributed by atoms with Crippen LogP contribution in [0, 0.1) is 0 Å². The Hall–Kier alpha value is -0.860. The van der Waals surface area contributed by atoms with Crippen LogP contribution in [0.25, 0.3) is 0 Å². The molecule has 0 bridgehead atoms. The second-order valence-electron chi connectivity index (χ2n) is 4.71. The third kappa shape index (κ3) is 3.95. The third-order valence-corrected chi connectivity index (χ3v) is 3.16. The summed E-state index contributed by atoms with van der Waals surface area (Å²) in [5, 5.41) is 3.54. The van der Waals surface area contributed by atoms with Crippen LogP contribution in [0.5, 0.6) is 0 Å². The predicted molar refractivity (Wildman–Crippen MR) is 68.3 cm³/mol. The Kier molecular flexibility index (Phi) is 4.37. The Morgan fingerprint density at radius 2 is 1.75 bits per heavy atom. The normalized spacial score (nSPS) is 15.3. The zero-order valence-electron chi connectivity index (χ0n) is 9.91. The van der Waals surface area contributed by atoms with Crippen molar-refractivity contribution in [3.63, 3.8) is 0 Å². The van der Waals surface area contributed by atoms with Gasteiger partial charge in [0.05, 0.1) is 0 Å². The Morgan fingerprint density at radius 1 is 1.06 bits per heavy atom. The van der Waals surface area contributed by atoms with Gasteiger partial charge in [-0.3, -0.25) is 0 Å². The number of nitrogens with two attached hydrogens (primary N) is 1. The van der Waals surface area contributed by atoms with Crippen LogP contribution in [0.15, 0.2) is 24.3 Å². The maximum atomic E-state index is 5.57. The van der Waals surface area contributed by atoms with Crippen molar-refractivity contribution in [2.45, 2.75) is 44.7 Å². The van der Waals surface area contributed by atoms with Gasteiger partial charge >= 0.3 is 0 Å². The van der Waals surface area contributed by atoms with Gasteiger partial charge in [0.1, 0.15) is 0 Å². The van der Waals surface area contributed by atoms with Crippen molar-refractivity contribution in [1.82, 2.24) is 5.32 Å². The van der Waals surface area contributed by atoms with E-state index in [1.807, 2.05) is 0 Å². The van der Waals surface area contributed by atoms with E-state index in [9.17, 15) is 0 Å². The predicted octanol–water partition coefficient (Wildman–Crippen LogP) is 2.22. The minimum atomic E-state index is 0.644. The molecule has 0 atom stereocenters. The summed E-state index contributed by atoms with van der Waals surface area (Å²) >= 11 is 0. The van der Waals surface area contributed by atoms with E-state index in [0.717, 1.165) is 6.04 Å². The van der Waals surface area contributed by atoms with E-state index < -0.39 is 0 Å². The highest BCUT2D eigenvalue weighted by Crippen LogP contribution is 2.18. The minimum absolute atomic E-state index is 0.644. The first-order valence-corrected chi connectivity index (χ1v) is 6.40. The van der Waals surface area contributed by atoms with E-state index in [0.29, 0.717) is 6.54 Å². The van der Waals surface area contributed by atoms with Crippen LogP contribution in [0.2, 0.25) is 0 Å². The summed E-state index contributed by atoms with van der Waals surface area (Å²) in [7, 11) is 0. The van der Waals surface area contributed by atoms with Gasteiger partial charge < -0.3 is 11.1 Å². The van der Waals surface area contributed by atoms with Gasteiger partial charge in [0.15, 0.2) is 0 Å². The Labute approximate surface area is 98.2 Å². The van der Waals surface area contributed by atoms with Crippen LogP contribution in [0.4, 0.5) is 0 Å². The van der Waals surface area contributed by atoms with Crippen molar-refractivity contribution in [1.29, 1.82) is 0 Å². The largest absolute Gasteiger partial charge is 0.326 e. The van der Waals surface area contributed by atoms with Crippen LogP contribution < -0.4 is 11.1 Å². The van der Waals surface area contributed by atoms with Crippen molar-refractivity contribution < 1.29 is 0 Å². The Bertz CT molecular complexity index is 301. The van der Waals surface area contributed by atoms with Crippen LogP contribution >= 0.6 is 0 Å². The summed E-state index contributed by atoms with van der Waals surface area (Å²) < 4.78 is 0. The smallest absolute Gasteiger partial charge is 0.0178 e. The fraction of sp³-hybridized carbons (Fsp3) is 0.571. The number of benzene rings is 1. The molecule has 0 spiro atoms. The summed E-state index contributed by atoms with van der Waals surface area (Å²) in [6, 6.07) is 9.53. The molecular weight excluding hydrogens is 196 g/mol. The third-order valence-electron chi connectivity index (χ3n) is 3.16. The topological polar surface area (TPSA) is 38.0 Å². The quantitative estimate of drug-likeness (QED) is 0.689. The first kappa shape index (κ1) is 11.6. The van der Waals surface area contributed by atoms with Crippen molar-refractivity contribution in [3.05, 3.63) is 35.4 Å². The molecule has 0 aliphatic heterocycles. The maximum absolute atomic E-state index is 5.57. The van der Waals surface area contributed by atoms with Crippen molar-refractivity contribution in [2.75, 3.05) is 6.54 Å². The molecule has 0 unspecified atom stereocenters. The highest BCUT2D eigenvalue weighted by molar-refractivity contribution is 5.22. The molecule has 0 radical (unpaired) electrons. The van der Waals surface area contributed by atoms with Crippen LogP contribution in [-0.4, -0.2) is 12.6 Å². The number of hydrogen-bond donors (Lipinski definition) is 2. The zero-order chi connectivity index (χ0) is 11.2. The number of nitrogens with one attached hydrogen (secondary N) is 1. The van der Waals surface area contributed by atoms with Crippen molar-refractivity contribution >= 4 is 0 Å². The van der Waals surface area contributed by atoms with Gasteiger partial charge in [-0.2, -0.15) is 0 Å². The molecule has 1 fully saturated rings. The fourth-order valence-corrected chi connectivity index (χ4v) is 1.89. The molecule has 1 saturated carbocycles. The lowest BCUT2D eigenvalue weighted by Gasteiger charge is -2.04. The van der Waals surface area contributed by atoms with E-state index in [1.165, 1.54) is 49.8 Å². The molecule has 2 nitrogen and oxygen atoms in total. The van der Waals surface area contributed by atoms with Gasteiger partial charge in [-0.05, 0) is 49.8 Å². The van der Waals surface area contributed by atoms with Gasteiger partial charge in [0, 0.05) is 12.6 Å². The number of unbranched alkanes of at least 4 members (excludes halogenated alkanes) is 1. The van der Waals surface area contributed by atoms with Crippen molar-refractivity contribution in [2.24, 2.45) is 5.73 Å². The molecule has 88 valence electrons. The molecule has 0 amide bonds. The van der Waals surface area contributed by atoms with Gasteiger partial charge in [0.2, 0.25) is 0 Å². The Balaban J connectivity index is 1.60. The van der Waals surface area contributed by atoms with Crippen LogP contribution in [0.3, 0.4) is 0 Å². The first-order chi connectivity index (χ1) is 7.88. The average molecular weight is 218 g/mol. The molecule has 1 aliphatic rings. The van der Waals surface area contributed by atoms with Gasteiger partial charge in [-0.15, -0.1) is 0 Å². The zero-order valence-corrected chi connectivity index (χ0v) is 9.91. The number of aryl methyl sites for hydroxylation is 1. The SMILES string of the molecule is NCc1ccc(CCCCNC2CC2)cc1. The monoisotopic (exact) mass is 218 g/mol. The van der Waals surface area contributed by atoms with Crippen molar-refractivity contribution in [3.8, 4) is 0 Å². The molecule has 0 heterocycles. The second kappa shape index (κ2) is 6.02. The summed E-state index contributed by atoms with van der Waals surface area (Å²) in [6.45, 7) is 1.83. The average Bonchev–Trinajstić information content (AvgIpc) is 3.13. The number of rotatable bonds is 7. The van der Waals surface area contributed by atoms with Crippen LogP contribution in [0.1, 0.15) is 36.8 Å². The molecule has 2 rings (SSSR count). The minimum Gasteiger partial charge on any atom is -0.326 e. The molecule has 2 heteroatoms. The van der Waals surface area contributed by atoms with E-state index in [2.05, 4.69) is 29.6 Å².